The van der Waals surface area contributed by atoms with Crippen molar-refractivity contribution >= 4 is 17.6 Å². The van der Waals surface area contributed by atoms with Crippen LogP contribution >= 0.6 is 0 Å². The molecule has 0 heterocycles. The van der Waals surface area contributed by atoms with Crippen LogP contribution in [0.4, 0.5) is 5.69 Å². The molecule has 0 bridgehead atoms. The third-order valence-electron chi connectivity index (χ3n) is 2.89. The topological polar surface area (TPSA) is 92.4 Å². The van der Waals surface area contributed by atoms with Gasteiger partial charge in [0.1, 0.15) is 0 Å². The van der Waals surface area contributed by atoms with Gasteiger partial charge in [-0.25, -0.2) is 0 Å². The number of anilines is 1. The summed E-state index contributed by atoms with van der Waals surface area (Å²) in [5.74, 6) is -1.60. The monoisotopic (exact) mass is 246 g/mol. The summed E-state index contributed by atoms with van der Waals surface area (Å²) in [6, 6.07) is 6.35. The number of rotatable bonds is 3. The van der Waals surface area contributed by atoms with E-state index in [1.807, 2.05) is 0 Å². The summed E-state index contributed by atoms with van der Waals surface area (Å²) >= 11 is 0. The summed E-state index contributed by atoms with van der Waals surface area (Å²) in [5, 5.41) is 11.6. The van der Waals surface area contributed by atoms with Crippen LogP contribution in [-0.4, -0.2) is 23.0 Å². The first kappa shape index (κ1) is 12.2. The number of aliphatic carboxylic acids is 1. The molecule has 1 aromatic rings. The largest absolute Gasteiger partial charge is 0.481 e. The van der Waals surface area contributed by atoms with Gasteiger partial charge in [-0.3, -0.25) is 9.59 Å². The molecule has 2 rings (SSSR count). The summed E-state index contributed by atoms with van der Waals surface area (Å²) < 4.78 is 0. The molecule has 2 atom stereocenters. The summed E-state index contributed by atoms with van der Waals surface area (Å²) in [4.78, 5) is 22.6. The van der Waals surface area contributed by atoms with Gasteiger partial charge < -0.3 is 16.2 Å². The second kappa shape index (κ2) is 4.91. The molecular formula is C13H14N2O3. The summed E-state index contributed by atoms with van der Waals surface area (Å²) in [6.45, 7) is 0. The Bertz CT molecular complexity index is 493. The lowest BCUT2D eigenvalue weighted by atomic mass is 10.1. The van der Waals surface area contributed by atoms with Crippen molar-refractivity contribution in [3.8, 4) is 0 Å². The molecule has 94 valence electrons. The second-order valence-corrected chi connectivity index (χ2v) is 4.27. The quantitative estimate of drug-likeness (QED) is 0.548. The van der Waals surface area contributed by atoms with Crippen molar-refractivity contribution in [3.63, 3.8) is 0 Å². The Balaban J connectivity index is 1.95. The summed E-state index contributed by atoms with van der Waals surface area (Å²) in [6.07, 6.45) is 3.72. The fourth-order valence-corrected chi connectivity index (χ4v) is 1.88. The maximum Gasteiger partial charge on any atom is 0.310 e. The van der Waals surface area contributed by atoms with Gasteiger partial charge in [-0.1, -0.05) is 12.2 Å². The lowest BCUT2D eigenvalue weighted by Gasteiger charge is -2.12. The number of carboxylic acid groups (broad SMARTS) is 1. The van der Waals surface area contributed by atoms with E-state index >= 15 is 0 Å². The first-order valence-corrected chi connectivity index (χ1v) is 5.64. The number of amides is 1. The fraction of sp³-hybridized carbons (Fsp3) is 0.231. The maximum atomic E-state index is 11.9. The number of nitrogens with one attached hydrogen (secondary N) is 1. The minimum atomic E-state index is -0.865. The lowest BCUT2D eigenvalue weighted by Crippen LogP contribution is -2.33. The van der Waals surface area contributed by atoms with Crippen LogP contribution in [0.2, 0.25) is 0 Å². The first-order chi connectivity index (χ1) is 8.56. The molecule has 5 heteroatoms. The van der Waals surface area contributed by atoms with Crippen molar-refractivity contribution in [2.75, 3.05) is 5.73 Å². The highest BCUT2D eigenvalue weighted by Crippen LogP contribution is 2.18. The van der Waals surface area contributed by atoms with Gasteiger partial charge in [0, 0.05) is 17.3 Å². The Kier molecular flexibility index (Phi) is 3.32. The van der Waals surface area contributed by atoms with Crippen molar-refractivity contribution in [2.45, 2.75) is 12.5 Å². The van der Waals surface area contributed by atoms with Gasteiger partial charge in [0.2, 0.25) is 0 Å². The standard InChI is InChI=1S/C13H14N2O3/c14-10-4-1-8(2-5-10)12(16)15-11-6-3-9(7-11)13(17)18/h1-6,9,11H,7,14H2,(H,15,16)(H,17,18). The second-order valence-electron chi connectivity index (χ2n) is 4.27. The molecule has 0 aromatic heterocycles. The average molecular weight is 246 g/mol. The number of benzene rings is 1. The third kappa shape index (κ3) is 2.68. The third-order valence-corrected chi connectivity index (χ3v) is 2.89. The van der Waals surface area contributed by atoms with E-state index in [9.17, 15) is 9.59 Å². The number of hydrogen-bond acceptors (Lipinski definition) is 3. The highest BCUT2D eigenvalue weighted by molar-refractivity contribution is 5.94. The number of carboxylic acids is 1. The van der Waals surface area contributed by atoms with Crippen LogP contribution in [0.3, 0.4) is 0 Å². The van der Waals surface area contributed by atoms with Gasteiger partial charge in [-0.15, -0.1) is 0 Å². The number of nitrogens with two attached hydrogens (primary N) is 1. The maximum absolute atomic E-state index is 11.9. The van der Waals surface area contributed by atoms with E-state index in [4.69, 9.17) is 10.8 Å². The van der Waals surface area contributed by atoms with Crippen LogP contribution in [0.25, 0.3) is 0 Å². The van der Waals surface area contributed by atoms with Crippen LogP contribution in [-0.2, 0) is 4.79 Å². The molecule has 0 saturated heterocycles. The van der Waals surface area contributed by atoms with Gasteiger partial charge in [-0.2, -0.15) is 0 Å². The SMILES string of the molecule is Nc1ccc(C(=O)NC2C=CC(C(=O)O)C2)cc1. The van der Waals surface area contributed by atoms with Crippen molar-refractivity contribution in [2.24, 2.45) is 5.92 Å². The average Bonchev–Trinajstić information content (AvgIpc) is 2.78. The van der Waals surface area contributed by atoms with Gasteiger partial charge in [-0.05, 0) is 30.7 Å². The minimum Gasteiger partial charge on any atom is -0.481 e. The molecule has 1 aromatic carbocycles. The molecule has 18 heavy (non-hydrogen) atoms. The number of hydrogen-bond donors (Lipinski definition) is 3. The predicted molar refractivity (Wildman–Crippen MR) is 67.0 cm³/mol. The van der Waals surface area contributed by atoms with E-state index < -0.39 is 11.9 Å². The highest BCUT2D eigenvalue weighted by Gasteiger charge is 2.25. The number of carbonyl (C=O) groups excluding carboxylic acids is 1. The number of nitrogen functional groups attached to an aromatic ring is 1. The van der Waals surface area contributed by atoms with Crippen LogP contribution in [0, 0.1) is 5.92 Å². The van der Waals surface area contributed by atoms with Crippen LogP contribution in [0.1, 0.15) is 16.8 Å². The van der Waals surface area contributed by atoms with Gasteiger partial charge in [0.15, 0.2) is 0 Å². The molecule has 5 nitrogen and oxygen atoms in total. The molecule has 1 aliphatic rings. The Morgan fingerprint density at radius 2 is 1.89 bits per heavy atom. The van der Waals surface area contributed by atoms with Crippen LogP contribution in [0.15, 0.2) is 36.4 Å². The molecule has 2 unspecified atom stereocenters. The van der Waals surface area contributed by atoms with Crippen molar-refractivity contribution in [1.82, 2.24) is 5.32 Å². The molecule has 0 spiro atoms. The Labute approximate surface area is 104 Å². The zero-order valence-electron chi connectivity index (χ0n) is 9.67. The van der Waals surface area contributed by atoms with E-state index in [2.05, 4.69) is 5.32 Å². The molecule has 0 aliphatic heterocycles. The molecule has 4 N–H and O–H groups in total. The van der Waals surface area contributed by atoms with Crippen molar-refractivity contribution < 1.29 is 14.7 Å². The fourth-order valence-electron chi connectivity index (χ4n) is 1.88. The molecule has 0 radical (unpaired) electrons. The highest BCUT2D eigenvalue weighted by atomic mass is 16.4. The van der Waals surface area contributed by atoms with E-state index in [0.29, 0.717) is 17.7 Å². The normalized spacial score (nSPS) is 21.8. The minimum absolute atomic E-state index is 0.226. The summed E-state index contributed by atoms with van der Waals surface area (Å²) in [5.41, 5.74) is 6.64. The summed E-state index contributed by atoms with van der Waals surface area (Å²) in [7, 11) is 0. The Morgan fingerprint density at radius 1 is 1.22 bits per heavy atom. The molecular weight excluding hydrogens is 232 g/mol. The van der Waals surface area contributed by atoms with Gasteiger partial charge >= 0.3 is 5.97 Å². The van der Waals surface area contributed by atoms with Gasteiger partial charge in [0.05, 0.1) is 5.92 Å². The van der Waals surface area contributed by atoms with E-state index in [1.54, 1.807) is 36.4 Å². The van der Waals surface area contributed by atoms with Crippen LogP contribution in [0.5, 0.6) is 0 Å². The van der Waals surface area contributed by atoms with Crippen molar-refractivity contribution in [3.05, 3.63) is 42.0 Å². The molecule has 1 amide bonds. The van der Waals surface area contributed by atoms with Gasteiger partial charge in [0.25, 0.3) is 5.91 Å². The lowest BCUT2D eigenvalue weighted by molar-refractivity contribution is -0.140. The molecule has 0 saturated carbocycles. The molecule has 0 fully saturated rings. The smallest absolute Gasteiger partial charge is 0.310 e. The van der Waals surface area contributed by atoms with Crippen LogP contribution < -0.4 is 11.1 Å². The van der Waals surface area contributed by atoms with E-state index in [0.717, 1.165) is 0 Å². The Morgan fingerprint density at radius 3 is 2.44 bits per heavy atom. The van der Waals surface area contributed by atoms with E-state index in [-0.39, 0.29) is 11.9 Å². The zero-order chi connectivity index (χ0) is 13.1. The number of carbonyl (C=O) groups is 2. The van der Waals surface area contributed by atoms with E-state index in [1.165, 1.54) is 0 Å². The first-order valence-electron chi connectivity index (χ1n) is 5.64. The zero-order valence-corrected chi connectivity index (χ0v) is 9.67. The Hall–Kier alpha value is -2.30. The predicted octanol–water partition coefficient (Wildman–Crippen LogP) is 1.03. The molecule has 1 aliphatic carbocycles. The van der Waals surface area contributed by atoms with Crippen molar-refractivity contribution in [1.29, 1.82) is 0 Å².